The number of hydrogen-bond donors (Lipinski definition) is 1. The van der Waals surface area contributed by atoms with Gasteiger partial charge in [-0.2, -0.15) is 0 Å². The zero-order valence-electron chi connectivity index (χ0n) is 10.0. The Morgan fingerprint density at radius 1 is 1.33 bits per heavy atom. The van der Waals surface area contributed by atoms with E-state index in [2.05, 4.69) is 15.2 Å². The minimum absolute atomic E-state index is 0. The van der Waals surface area contributed by atoms with Crippen LogP contribution in [0.15, 0.2) is 11.6 Å². The number of thiazole rings is 1. The summed E-state index contributed by atoms with van der Waals surface area (Å²) < 4.78 is 0. The zero-order chi connectivity index (χ0) is 11.7. The fraction of sp³-hybridized carbons (Fsp3) is 0.636. The van der Waals surface area contributed by atoms with Gasteiger partial charge >= 0.3 is 0 Å². The predicted molar refractivity (Wildman–Crippen MR) is 73.5 cm³/mol. The Morgan fingerprint density at radius 3 is 2.56 bits per heavy atom. The van der Waals surface area contributed by atoms with Gasteiger partial charge < -0.3 is 10.2 Å². The van der Waals surface area contributed by atoms with E-state index in [9.17, 15) is 4.79 Å². The summed E-state index contributed by atoms with van der Waals surface area (Å²) in [6, 6.07) is 0.687. The molecule has 0 aromatic carbocycles. The van der Waals surface area contributed by atoms with Crippen LogP contribution in [0.5, 0.6) is 0 Å². The smallest absolute Gasteiger partial charge is 0.282 e. The summed E-state index contributed by atoms with van der Waals surface area (Å²) in [5.41, 5.74) is 0. The molecule has 2 aliphatic heterocycles. The molecule has 2 aliphatic rings. The average Bonchev–Trinajstić information content (AvgIpc) is 2.80. The molecule has 0 saturated carbocycles. The first-order valence-corrected chi connectivity index (χ1v) is 6.86. The summed E-state index contributed by atoms with van der Waals surface area (Å²) in [6.07, 6.45) is 1.69. The Morgan fingerprint density at radius 2 is 2.06 bits per heavy atom. The lowest BCUT2D eigenvalue weighted by molar-refractivity contribution is 0.0502. The topological polar surface area (TPSA) is 48.5 Å². The molecule has 0 bridgehead atoms. The molecule has 3 heterocycles. The number of nitrogens with one attached hydrogen (secondary N) is 1. The molecule has 0 unspecified atom stereocenters. The SMILES string of the molecule is Cl.O=C(c1nccs1)N1CCN(C2CNC2)CC1. The highest BCUT2D eigenvalue weighted by molar-refractivity contribution is 7.11. The zero-order valence-corrected chi connectivity index (χ0v) is 11.7. The van der Waals surface area contributed by atoms with E-state index in [-0.39, 0.29) is 18.3 Å². The van der Waals surface area contributed by atoms with Crippen LogP contribution in [0.4, 0.5) is 0 Å². The predicted octanol–water partition coefficient (Wildman–Crippen LogP) is 0.295. The summed E-state index contributed by atoms with van der Waals surface area (Å²) >= 11 is 1.42. The molecule has 2 saturated heterocycles. The molecule has 18 heavy (non-hydrogen) atoms. The number of amides is 1. The molecule has 1 aromatic rings. The Bertz CT molecular complexity index is 388. The van der Waals surface area contributed by atoms with E-state index >= 15 is 0 Å². The number of piperazine rings is 1. The molecule has 3 rings (SSSR count). The van der Waals surface area contributed by atoms with E-state index in [4.69, 9.17) is 0 Å². The molecule has 5 nitrogen and oxygen atoms in total. The van der Waals surface area contributed by atoms with Crippen molar-refractivity contribution in [3.8, 4) is 0 Å². The maximum Gasteiger partial charge on any atom is 0.282 e. The molecule has 1 amide bonds. The van der Waals surface area contributed by atoms with E-state index in [1.54, 1.807) is 6.20 Å². The molecule has 1 N–H and O–H groups in total. The fourth-order valence-electron chi connectivity index (χ4n) is 2.29. The highest BCUT2D eigenvalue weighted by Crippen LogP contribution is 2.13. The van der Waals surface area contributed by atoms with Gasteiger partial charge in [-0.3, -0.25) is 9.69 Å². The summed E-state index contributed by atoms with van der Waals surface area (Å²) in [6.45, 7) is 5.83. The van der Waals surface area contributed by atoms with Gasteiger partial charge in [0.05, 0.1) is 0 Å². The van der Waals surface area contributed by atoms with Gasteiger partial charge in [-0.25, -0.2) is 4.98 Å². The summed E-state index contributed by atoms with van der Waals surface area (Å²) in [7, 11) is 0. The summed E-state index contributed by atoms with van der Waals surface area (Å²) in [4.78, 5) is 20.5. The molecule has 7 heteroatoms. The molecular formula is C11H17ClN4OS. The van der Waals surface area contributed by atoms with E-state index in [0.29, 0.717) is 11.0 Å². The maximum absolute atomic E-state index is 12.1. The monoisotopic (exact) mass is 288 g/mol. The quantitative estimate of drug-likeness (QED) is 0.850. The van der Waals surface area contributed by atoms with Crippen LogP contribution in [0, 0.1) is 0 Å². The van der Waals surface area contributed by atoms with Crippen molar-refractivity contribution in [2.75, 3.05) is 39.3 Å². The average molecular weight is 289 g/mol. The highest BCUT2D eigenvalue weighted by atomic mass is 35.5. The van der Waals surface area contributed by atoms with Crippen LogP contribution < -0.4 is 5.32 Å². The van der Waals surface area contributed by atoms with E-state index in [1.807, 2.05) is 10.3 Å². The van der Waals surface area contributed by atoms with Gasteiger partial charge in [0.1, 0.15) is 0 Å². The number of rotatable bonds is 2. The minimum atomic E-state index is 0. The van der Waals surface area contributed by atoms with Gasteiger partial charge in [-0.15, -0.1) is 23.7 Å². The number of hydrogen-bond acceptors (Lipinski definition) is 5. The minimum Gasteiger partial charge on any atom is -0.334 e. The fourth-order valence-corrected chi connectivity index (χ4v) is 2.89. The standard InChI is InChI=1S/C11H16N4OS.ClH/c16-11(10-13-1-6-17-10)15-4-2-14(3-5-15)9-7-12-8-9;/h1,6,9,12H,2-5,7-8H2;1H. The second kappa shape index (κ2) is 5.97. The number of carbonyl (C=O) groups is 1. The molecule has 0 atom stereocenters. The lowest BCUT2D eigenvalue weighted by Crippen LogP contribution is -2.62. The van der Waals surface area contributed by atoms with Crippen LogP contribution in [0.25, 0.3) is 0 Å². The molecule has 1 aromatic heterocycles. The lowest BCUT2D eigenvalue weighted by Gasteiger charge is -2.43. The van der Waals surface area contributed by atoms with Crippen molar-refractivity contribution in [2.45, 2.75) is 6.04 Å². The first kappa shape index (κ1) is 13.7. The van der Waals surface area contributed by atoms with E-state index in [1.165, 1.54) is 11.3 Å². The van der Waals surface area contributed by atoms with Gasteiger partial charge in [-0.05, 0) is 0 Å². The lowest BCUT2D eigenvalue weighted by atomic mass is 10.1. The Balaban J connectivity index is 0.00000120. The summed E-state index contributed by atoms with van der Waals surface area (Å²) in [5, 5.41) is 5.75. The van der Waals surface area contributed by atoms with Crippen molar-refractivity contribution in [3.05, 3.63) is 16.6 Å². The Hall–Kier alpha value is -0.690. The van der Waals surface area contributed by atoms with E-state index < -0.39 is 0 Å². The van der Waals surface area contributed by atoms with Crippen molar-refractivity contribution in [1.82, 2.24) is 20.1 Å². The van der Waals surface area contributed by atoms with Gasteiger partial charge in [0.2, 0.25) is 0 Å². The number of halogens is 1. The van der Waals surface area contributed by atoms with Gasteiger partial charge in [0, 0.05) is 56.9 Å². The number of nitrogens with zero attached hydrogens (tertiary/aromatic N) is 3. The molecular weight excluding hydrogens is 272 g/mol. The Labute approximate surface area is 117 Å². The second-order valence-corrected chi connectivity index (χ2v) is 5.37. The highest BCUT2D eigenvalue weighted by Gasteiger charge is 2.29. The third-order valence-corrected chi connectivity index (χ3v) is 4.25. The maximum atomic E-state index is 12.1. The van der Waals surface area contributed by atoms with Crippen LogP contribution in [0.3, 0.4) is 0 Å². The van der Waals surface area contributed by atoms with Crippen LogP contribution >= 0.6 is 23.7 Å². The van der Waals surface area contributed by atoms with Gasteiger partial charge in [-0.1, -0.05) is 0 Å². The van der Waals surface area contributed by atoms with Crippen molar-refractivity contribution < 1.29 is 4.79 Å². The van der Waals surface area contributed by atoms with Crippen molar-refractivity contribution in [2.24, 2.45) is 0 Å². The normalized spacial score (nSPS) is 21.2. The third-order valence-electron chi connectivity index (χ3n) is 3.49. The van der Waals surface area contributed by atoms with Crippen LogP contribution in [-0.2, 0) is 0 Å². The van der Waals surface area contributed by atoms with E-state index in [0.717, 1.165) is 39.3 Å². The van der Waals surface area contributed by atoms with Crippen LogP contribution in [-0.4, -0.2) is 66.0 Å². The second-order valence-electron chi connectivity index (χ2n) is 4.48. The first-order valence-electron chi connectivity index (χ1n) is 5.98. The van der Waals surface area contributed by atoms with Gasteiger partial charge in [0.25, 0.3) is 5.91 Å². The molecule has 100 valence electrons. The molecule has 0 aliphatic carbocycles. The summed E-state index contributed by atoms with van der Waals surface area (Å²) in [5.74, 6) is 0.0892. The van der Waals surface area contributed by atoms with Crippen molar-refractivity contribution in [1.29, 1.82) is 0 Å². The Kier molecular flexibility index (Phi) is 4.55. The van der Waals surface area contributed by atoms with Crippen LogP contribution in [0.1, 0.15) is 9.80 Å². The largest absolute Gasteiger partial charge is 0.334 e. The number of aromatic nitrogens is 1. The number of carbonyl (C=O) groups excluding carboxylic acids is 1. The first-order chi connectivity index (χ1) is 8.34. The third kappa shape index (κ3) is 2.66. The van der Waals surface area contributed by atoms with Crippen molar-refractivity contribution >= 4 is 29.7 Å². The molecule has 2 fully saturated rings. The van der Waals surface area contributed by atoms with Crippen LogP contribution in [0.2, 0.25) is 0 Å². The molecule has 0 radical (unpaired) electrons. The molecule has 0 spiro atoms. The van der Waals surface area contributed by atoms with Crippen molar-refractivity contribution in [3.63, 3.8) is 0 Å². The van der Waals surface area contributed by atoms with Gasteiger partial charge in [0.15, 0.2) is 5.01 Å².